The van der Waals surface area contributed by atoms with Crippen molar-refractivity contribution in [2.75, 3.05) is 11.4 Å². The van der Waals surface area contributed by atoms with Gasteiger partial charge in [-0.15, -0.1) is 0 Å². The van der Waals surface area contributed by atoms with E-state index in [0.717, 1.165) is 6.29 Å². The van der Waals surface area contributed by atoms with Crippen LogP contribution in [0.25, 0.3) is 0 Å². The zero-order chi connectivity index (χ0) is 13.0. The molecule has 0 heterocycles. The number of benzene rings is 1. The summed E-state index contributed by atoms with van der Waals surface area (Å²) in [6.45, 7) is 3.92. The van der Waals surface area contributed by atoms with E-state index in [1.54, 1.807) is 23.1 Å². The van der Waals surface area contributed by atoms with Gasteiger partial charge >= 0.3 is 0 Å². The number of nitrogens with two attached hydrogens (primary N) is 1. The number of hydrogen-bond donors (Lipinski definition) is 1. The molecule has 0 aliphatic rings. The normalized spacial score (nSPS) is 10.4. The molecule has 17 heavy (non-hydrogen) atoms. The van der Waals surface area contributed by atoms with Crippen LogP contribution in [-0.4, -0.2) is 24.8 Å². The summed E-state index contributed by atoms with van der Waals surface area (Å²) in [6, 6.07) is 5.03. The molecule has 0 saturated carbocycles. The maximum atomic E-state index is 11.0. The number of primary amides is 1. The highest BCUT2D eigenvalue weighted by atomic mass is 35.5. The van der Waals surface area contributed by atoms with Gasteiger partial charge in [-0.3, -0.25) is 9.59 Å². The lowest BCUT2D eigenvalue weighted by atomic mass is 10.1. The summed E-state index contributed by atoms with van der Waals surface area (Å²) >= 11 is 5.82. The number of hydrogen-bond acceptors (Lipinski definition) is 3. The van der Waals surface area contributed by atoms with Crippen LogP contribution >= 0.6 is 11.6 Å². The molecule has 0 unspecified atom stereocenters. The van der Waals surface area contributed by atoms with Gasteiger partial charge in [0.15, 0.2) is 6.29 Å². The van der Waals surface area contributed by atoms with Crippen molar-refractivity contribution in [1.82, 2.24) is 0 Å². The molecule has 1 rings (SSSR count). The molecule has 0 bridgehead atoms. The van der Waals surface area contributed by atoms with Crippen LogP contribution in [0, 0.1) is 0 Å². The number of rotatable bonds is 5. The van der Waals surface area contributed by atoms with Gasteiger partial charge in [-0.2, -0.15) is 0 Å². The summed E-state index contributed by atoms with van der Waals surface area (Å²) in [5.41, 5.74) is 6.31. The van der Waals surface area contributed by atoms with Crippen LogP contribution in [0.2, 0.25) is 5.02 Å². The first-order valence-electron chi connectivity index (χ1n) is 5.25. The fraction of sp³-hybridized carbons (Fsp3) is 0.333. The Balaban J connectivity index is 3.17. The largest absolute Gasteiger partial charge is 0.368 e. The third kappa shape index (κ3) is 3.46. The van der Waals surface area contributed by atoms with Gasteiger partial charge in [0, 0.05) is 22.3 Å². The fourth-order valence-corrected chi connectivity index (χ4v) is 1.78. The van der Waals surface area contributed by atoms with Gasteiger partial charge in [-0.1, -0.05) is 11.6 Å². The van der Waals surface area contributed by atoms with Crippen molar-refractivity contribution in [2.24, 2.45) is 5.73 Å². The molecule has 0 aromatic heterocycles. The van der Waals surface area contributed by atoms with Crippen molar-refractivity contribution in [3.63, 3.8) is 0 Å². The van der Waals surface area contributed by atoms with Crippen molar-refractivity contribution in [1.29, 1.82) is 0 Å². The van der Waals surface area contributed by atoms with Crippen LogP contribution < -0.4 is 10.6 Å². The van der Waals surface area contributed by atoms with E-state index in [0.29, 0.717) is 16.3 Å². The van der Waals surface area contributed by atoms with Crippen LogP contribution in [0.5, 0.6) is 0 Å². The van der Waals surface area contributed by atoms with E-state index < -0.39 is 5.91 Å². The minimum Gasteiger partial charge on any atom is -0.368 e. The van der Waals surface area contributed by atoms with Crippen LogP contribution in [0.4, 0.5) is 5.69 Å². The lowest BCUT2D eigenvalue weighted by Crippen LogP contribution is -2.39. The molecule has 0 atom stereocenters. The molecule has 1 amide bonds. The summed E-state index contributed by atoms with van der Waals surface area (Å²) in [7, 11) is 0. The van der Waals surface area contributed by atoms with E-state index >= 15 is 0 Å². The zero-order valence-corrected chi connectivity index (χ0v) is 10.6. The summed E-state index contributed by atoms with van der Waals surface area (Å²) in [4.78, 5) is 23.8. The van der Waals surface area contributed by atoms with E-state index in [1.165, 1.54) is 0 Å². The van der Waals surface area contributed by atoms with Crippen LogP contribution in [0.1, 0.15) is 24.2 Å². The molecule has 0 radical (unpaired) electrons. The predicted octanol–water partition coefficient (Wildman–Crippen LogP) is 1.85. The van der Waals surface area contributed by atoms with E-state index in [-0.39, 0.29) is 12.6 Å². The first-order chi connectivity index (χ1) is 7.95. The summed E-state index contributed by atoms with van der Waals surface area (Å²) in [5, 5.41) is 0.485. The van der Waals surface area contributed by atoms with E-state index in [2.05, 4.69) is 0 Å². The van der Waals surface area contributed by atoms with Gasteiger partial charge < -0.3 is 10.6 Å². The first kappa shape index (κ1) is 13.5. The number of halogens is 1. The summed E-state index contributed by atoms with van der Waals surface area (Å²) in [6.07, 6.45) is 0.720. The second-order valence-electron chi connectivity index (χ2n) is 4.01. The number of carbonyl (C=O) groups is 2. The SMILES string of the molecule is CC(C)N(CC(N)=O)c1ccc(Cl)cc1C=O. The lowest BCUT2D eigenvalue weighted by Gasteiger charge is -2.28. The topological polar surface area (TPSA) is 63.4 Å². The molecule has 92 valence electrons. The van der Waals surface area contributed by atoms with E-state index in [1.807, 2.05) is 13.8 Å². The maximum Gasteiger partial charge on any atom is 0.236 e. The molecule has 0 fully saturated rings. The van der Waals surface area contributed by atoms with Crippen LogP contribution in [0.15, 0.2) is 18.2 Å². The molecule has 2 N–H and O–H groups in total. The minimum atomic E-state index is -0.439. The van der Waals surface area contributed by atoms with Crippen molar-refractivity contribution in [3.8, 4) is 0 Å². The first-order valence-corrected chi connectivity index (χ1v) is 5.63. The van der Waals surface area contributed by atoms with Gasteiger partial charge in [-0.05, 0) is 32.0 Å². The maximum absolute atomic E-state index is 11.0. The molecule has 0 saturated heterocycles. The second kappa shape index (κ2) is 5.68. The Morgan fingerprint density at radius 1 is 1.53 bits per heavy atom. The molecule has 0 spiro atoms. The molecule has 4 nitrogen and oxygen atoms in total. The van der Waals surface area contributed by atoms with Crippen LogP contribution in [0.3, 0.4) is 0 Å². The number of amides is 1. The van der Waals surface area contributed by atoms with E-state index in [4.69, 9.17) is 17.3 Å². The third-order valence-corrected chi connectivity index (χ3v) is 2.61. The smallest absolute Gasteiger partial charge is 0.236 e. The van der Waals surface area contributed by atoms with Gasteiger partial charge in [0.1, 0.15) is 0 Å². The molecule has 1 aromatic carbocycles. The average Bonchev–Trinajstić information content (AvgIpc) is 2.25. The van der Waals surface area contributed by atoms with Crippen LogP contribution in [-0.2, 0) is 4.79 Å². The predicted molar refractivity (Wildman–Crippen MR) is 68.5 cm³/mol. The quantitative estimate of drug-likeness (QED) is 0.816. The van der Waals surface area contributed by atoms with Gasteiger partial charge in [-0.25, -0.2) is 0 Å². The third-order valence-electron chi connectivity index (χ3n) is 2.38. The van der Waals surface area contributed by atoms with Crippen molar-refractivity contribution >= 4 is 29.5 Å². The molecular formula is C12H15ClN2O2. The Kier molecular flexibility index (Phi) is 4.52. The second-order valence-corrected chi connectivity index (χ2v) is 4.45. The monoisotopic (exact) mass is 254 g/mol. The standard InChI is InChI=1S/C12H15ClN2O2/c1-8(2)15(6-12(14)17)11-4-3-10(13)5-9(11)7-16/h3-5,7-8H,6H2,1-2H3,(H2,14,17). The van der Waals surface area contributed by atoms with Gasteiger partial charge in [0.25, 0.3) is 0 Å². The minimum absolute atomic E-state index is 0.0578. The highest BCUT2D eigenvalue weighted by Crippen LogP contribution is 2.24. The van der Waals surface area contributed by atoms with Crippen molar-refractivity contribution in [3.05, 3.63) is 28.8 Å². The molecule has 0 aliphatic heterocycles. The van der Waals surface area contributed by atoms with Gasteiger partial charge in [0.05, 0.1) is 6.54 Å². The Morgan fingerprint density at radius 3 is 2.65 bits per heavy atom. The average molecular weight is 255 g/mol. The fourth-order valence-electron chi connectivity index (χ4n) is 1.60. The zero-order valence-electron chi connectivity index (χ0n) is 9.81. The number of carbonyl (C=O) groups excluding carboxylic acids is 2. The summed E-state index contributed by atoms with van der Waals surface area (Å²) in [5.74, 6) is -0.439. The Labute approximate surface area is 105 Å². The van der Waals surface area contributed by atoms with Gasteiger partial charge in [0.2, 0.25) is 5.91 Å². The summed E-state index contributed by atoms with van der Waals surface area (Å²) < 4.78 is 0. The lowest BCUT2D eigenvalue weighted by molar-refractivity contribution is -0.116. The molecule has 1 aromatic rings. The van der Waals surface area contributed by atoms with E-state index in [9.17, 15) is 9.59 Å². The number of anilines is 1. The molecule has 0 aliphatic carbocycles. The Bertz CT molecular complexity index is 433. The molecule has 5 heteroatoms. The van der Waals surface area contributed by atoms with Crippen molar-refractivity contribution in [2.45, 2.75) is 19.9 Å². The number of nitrogens with zero attached hydrogens (tertiary/aromatic N) is 1. The Morgan fingerprint density at radius 2 is 2.18 bits per heavy atom. The molecular weight excluding hydrogens is 240 g/mol. The highest BCUT2D eigenvalue weighted by molar-refractivity contribution is 6.31. The number of aldehydes is 1. The van der Waals surface area contributed by atoms with Crippen molar-refractivity contribution < 1.29 is 9.59 Å². The highest BCUT2D eigenvalue weighted by Gasteiger charge is 2.16. The Hall–Kier alpha value is -1.55.